The van der Waals surface area contributed by atoms with Gasteiger partial charge in [-0.2, -0.15) is 0 Å². The summed E-state index contributed by atoms with van der Waals surface area (Å²) in [5.41, 5.74) is 0. The van der Waals surface area contributed by atoms with Crippen LogP contribution in [0.2, 0.25) is 0 Å². The third-order valence-corrected chi connectivity index (χ3v) is 2.74. The van der Waals surface area contributed by atoms with E-state index in [1.165, 1.54) is 11.3 Å². The molecule has 0 atom stereocenters. The maximum absolute atomic E-state index is 11.3. The molecule has 1 heterocycles. The van der Waals surface area contributed by atoms with Crippen molar-refractivity contribution in [1.29, 1.82) is 0 Å². The minimum Gasteiger partial charge on any atom is -0.347 e. The quantitative estimate of drug-likeness (QED) is 0.788. The number of anilines is 1. The zero-order chi connectivity index (χ0) is 10.7. The van der Waals surface area contributed by atoms with Gasteiger partial charge in [0, 0.05) is 17.5 Å². The predicted octanol–water partition coefficient (Wildman–Crippen LogP) is 0.608. The molecular formula is C9H11N3O2S. The van der Waals surface area contributed by atoms with Crippen LogP contribution >= 0.6 is 11.3 Å². The van der Waals surface area contributed by atoms with Crippen molar-refractivity contribution in [3.8, 4) is 0 Å². The van der Waals surface area contributed by atoms with E-state index in [0.717, 1.165) is 12.8 Å². The molecule has 1 aliphatic rings. The molecule has 0 saturated heterocycles. The van der Waals surface area contributed by atoms with Crippen molar-refractivity contribution in [1.82, 2.24) is 10.3 Å². The van der Waals surface area contributed by atoms with Gasteiger partial charge in [0.1, 0.15) is 0 Å². The molecule has 0 spiro atoms. The molecule has 1 saturated carbocycles. The average molecular weight is 225 g/mol. The van der Waals surface area contributed by atoms with Gasteiger partial charge in [-0.05, 0) is 12.8 Å². The number of aromatic nitrogens is 1. The third-order valence-electron chi connectivity index (χ3n) is 2.05. The van der Waals surface area contributed by atoms with Crippen LogP contribution in [-0.4, -0.2) is 23.3 Å². The molecule has 1 aliphatic carbocycles. The normalized spacial score (nSPS) is 14.7. The van der Waals surface area contributed by atoms with Crippen LogP contribution in [0.15, 0.2) is 11.6 Å². The van der Waals surface area contributed by atoms with E-state index in [0.29, 0.717) is 5.13 Å². The van der Waals surface area contributed by atoms with Gasteiger partial charge in [-0.25, -0.2) is 4.98 Å². The summed E-state index contributed by atoms with van der Waals surface area (Å²) < 4.78 is 0. The first-order valence-corrected chi connectivity index (χ1v) is 5.61. The molecule has 1 fully saturated rings. The fraction of sp³-hybridized carbons (Fsp3) is 0.444. The number of thiazole rings is 1. The van der Waals surface area contributed by atoms with E-state index in [-0.39, 0.29) is 24.3 Å². The Bertz CT molecular complexity index is 359. The second kappa shape index (κ2) is 4.39. The summed E-state index contributed by atoms with van der Waals surface area (Å²) in [6.07, 6.45) is 3.50. The largest absolute Gasteiger partial charge is 0.347 e. The Balaban J connectivity index is 1.70. The second-order valence-electron chi connectivity index (χ2n) is 3.38. The SMILES string of the molecule is O=C(CNC(=O)C1CC1)Nc1nccs1. The number of amides is 2. The van der Waals surface area contributed by atoms with Crippen molar-refractivity contribution in [3.63, 3.8) is 0 Å². The summed E-state index contributed by atoms with van der Waals surface area (Å²) in [4.78, 5) is 26.4. The first-order valence-electron chi connectivity index (χ1n) is 4.73. The van der Waals surface area contributed by atoms with E-state index in [1.54, 1.807) is 11.6 Å². The van der Waals surface area contributed by atoms with Crippen LogP contribution in [0.4, 0.5) is 5.13 Å². The Kier molecular flexibility index (Phi) is 2.96. The number of rotatable bonds is 4. The van der Waals surface area contributed by atoms with Crippen LogP contribution < -0.4 is 10.6 Å². The zero-order valence-corrected chi connectivity index (χ0v) is 8.84. The molecule has 2 rings (SSSR count). The van der Waals surface area contributed by atoms with Gasteiger partial charge in [-0.1, -0.05) is 0 Å². The number of hydrogen-bond donors (Lipinski definition) is 2. The molecule has 0 aliphatic heterocycles. The second-order valence-corrected chi connectivity index (χ2v) is 4.27. The molecule has 15 heavy (non-hydrogen) atoms. The highest BCUT2D eigenvalue weighted by Crippen LogP contribution is 2.28. The van der Waals surface area contributed by atoms with Crippen molar-refractivity contribution in [2.75, 3.05) is 11.9 Å². The number of nitrogens with one attached hydrogen (secondary N) is 2. The summed E-state index contributed by atoms with van der Waals surface area (Å²) >= 11 is 1.35. The van der Waals surface area contributed by atoms with Crippen LogP contribution in [0, 0.1) is 5.92 Å². The van der Waals surface area contributed by atoms with Gasteiger partial charge >= 0.3 is 0 Å². The van der Waals surface area contributed by atoms with Crippen molar-refractivity contribution in [2.45, 2.75) is 12.8 Å². The van der Waals surface area contributed by atoms with E-state index in [1.807, 2.05) is 0 Å². The van der Waals surface area contributed by atoms with Gasteiger partial charge in [0.05, 0.1) is 6.54 Å². The molecule has 2 N–H and O–H groups in total. The smallest absolute Gasteiger partial charge is 0.245 e. The van der Waals surface area contributed by atoms with Crippen molar-refractivity contribution >= 4 is 28.3 Å². The Morgan fingerprint density at radius 3 is 2.93 bits per heavy atom. The lowest BCUT2D eigenvalue weighted by molar-refractivity contribution is -0.125. The molecule has 0 aromatic carbocycles. The molecule has 0 unspecified atom stereocenters. The van der Waals surface area contributed by atoms with Crippen molar-refractivity contribution in [2.24, 2.45) is 5.92 Å². The topological polar surface area (TPSA) is 71.1 Å². The molecule has 1 aromatic rings. The first-order chi connectivity index (χ1) is 7.25. The van der Waals surface area contributed by atoms with E-state index in [9.17, 15) is 9.59 Å². The lowest BCUT2D eigenvalue weighted by Gasteiger charge is -2.03. The molecule has 2 amide bonds. The summed E-state index contributed by atoms with van der Waals surface area (Å²) in [6.45, 7) is 0.0227. The third kappa shape index (κ3) is 3.02. The lowest BCUT2D eigenvalue weighted by Crippen LogP contribution is -2.33. The number of hydrogen-bond acceptors (Lipinski definition) is 4. The maximum Gasteiger partial charge on any atom is 0.245 e. The highest BCUT2D eigenvalue weighted by Gasteiger charge is 2.29. The molecular weight excluding hydrogens is 214 g/mol. The van der Waals surface area contributed by atoms with Crippen LogP contribution in [0.25, 0.3) is 0 Å². The Morgan fingerprint density at radius 2 is 2.33 bits per heavy atom. The number of carbonyl (C=O) groups excluding carboxylic acids is 2. The van der Waals surface area contributed by atoms with Crippen LogP contribution in [0.5, 0.6) is 0 Å². The van der Waals surface area contributed by atoms with Crippen molar-refractivity contribution < 1.29 is 9.59 Å². The van der Waals surface area contributed by atoms with Gasteiger partial charge in [-0.15, -0.1) is 11.3 Å². The van der Waals surface area contributed by atoms with Crippen LogP contribution in [-0.2, 0) is 9.59 Å². The lowest BCUT2D eigenvalue weighted by atomic mass is 10.4. The minimum absolute atomic E-state index is 0.0227. The summed E-state index contributed by atoms with van der Waals surface area (Å²) in [5, 5.41) is 7.51. The summed E-state index contributed by atoms with van der Waals surface area (Å²) in [7, 11) is 0. The zero-order valence-electron chi connectivity index (χ0n) is 8.03. The summed E-state index contributed by atoms with van der Waals surface area (Å²) in [6, 6.07) is 0. The molecule has 1 aromatic heterocycles. The first kappa shape index (κ1) is 10.1. The predicted molar refractivity (Wildman–Crippen MR) is 56.5 cm³/mol. The molecule has 0 bridgehead atoms. The van der Waals surface area contributed by atoms with Gasteiger partial charge in [-0.3, -0.25) is 9.59 Å². The van der Waals surface area contributed by atoms with Gasteiger partial charge < -0.3 is 10.6 Å². The fourth-order valence-corrected chi connectivity index (χ4v) is 1.65. The molecule has 5 nitrogen and oxygen atoms in total. The average Bonchev–Trinajstić information content (AvgIpc) is 2.95. The Labute approximate surface area is 90.9 Å². The minimum atomic E-state index is -0.237. The highest BCUT2D eigenvalue weighted by atomic mass is 32.1. The Morgan fingerprint density at radius 1 is 1.53 bits per heavy atom. The number of nitrogens with zero attached hydrogens (tertiary/aromatic N) is 1. The van der Waals surface area contributed by atoms with Gasteiger partial charge in [0.2, 0.25) is 11.8 Å². The van der Waals surface area contributed by atoms with Crippen LogP contribution in [0.3, 0.4) is 0 Å². The van der Waals surface area contributed by atoms with Gasteiger partial charge in [0.25, 0.3) is 0 Å². The van der Waals surface area contributed by atoms with E-state index in [4.69, 9.17) is 0 Å². The maximum atomic E-state index is 11.3. The molecule has 80 valence electrons. The van der Waals surface area contributed by atoms with Crippen molar-refractivity contribution in [3.05, 3.63) is 11.6 Å². The fourth-order valence-electron chi connectivity index (χ4n) is 1.11. The Hall–Kier alpha value is -1.43. The van der Waals surface area contributed by atoms with E-state index in [2.05, 4.69) is 15.6 Å². The highest BCUT2D eigenvalue weighted by molar-refractivity contribution is 7.13. The molecule has 6 heteroatoms. The van der Waals surface area contributed by atoms with Gasteiger partial charge in [0.15, 0.2) is 5.13 Å². The van der Waals surface area contributed by atoms with Crippen LogP contribution in [0.1, 0.15) is 12.8 Å². The number of carbonyl (C=O) groups is 2. The van der Waals surface area contributed by atoms with E-state index < -0.39 is 0 Å². The van der Waals surface area contributed by atoms with E-state index >= 15 is 0 Å². The summed E-state index contributed by atoms with van der Waals surface area (Å²) in [5.74, 6) is -0.124. The molecule has 0 radical (unpaired) electrons. The standard InChI is InChI=1S/C9H11N3O2S/c13-7(12-9-10-3-4-15-9)5-11-8(14)6-1-2-6/h3-4,6H,1-2,5H2,(H,11,14)(H,10,12,13). The monoisotopic (exact) mass is 225 g/mol.